The first-order valence-electron chi connectivity index (χ1n) is 5.20. The van der Waals surface area contributed by atoms with Gasteiger partial charge >= 0.3 is 0 Å². The molecule has 1 atom stereocenters. The second kappa shape index (κ2) is 6.63. The Kier molecular flexibility index (Phi) is 5.82. The molecular formula is C11H18BrNOS. The summed E-state index contributed by atoms with van der Waals surface area (Å²) in [5.74, 6) is 0.615. The Hall–Kier alpha value is 0.1000. The Bertz CT molecular complexity index is 288. The molecule has 2 nitrogen and oxygen atoms in total. The van der Waals surface area contributed by atoms with Gasteiger partial charge in [-0.15, -0.1) is 11.3 Å². The largest absolute Gasteiger partial charge is 0.395 e. The van der Waals surface area contributed by atoms with Gasteiger partial charge in [0.05, 0.1) is 10.4 Å². The van der Waals surface area contributed by atoms with E-state index in [4.69, 9.17) is 0 Å². The third-order valence-electron chi connectivity index (χ3n) is 2.17. The van der Waals surface area contributed by atoms with Crippen molar-refractivity contribution >= 4 is 27.3 Å². The van der Waals surface area contributed by atoms with Crippen LogP contribution in [-0.2, 0) is 6.54 Å². The number of hydrogen-bond donors (Lipinski definition) is 2. The first-order chi connectivity index (χ1) is 7.11. The van der Waals surface area contributed by atoms with Gasteiger partial charge in [-0.1, -0.05) is 13.8 Å². The topological polar surface area (TPSA) is 32.3 Å². The minimum atomic E-state index is 0.213. The molecule has 0 aliphatic carbocycles. The van der Waals surface area contributed by atoms with E-state index in [9.17, 15) is 5.11 Å². The molecule has 0 saturated carbocycles. The van der Waals surface area contributed by atoms with E-state index < -0.39 is 0 Å². The van der Waals surface area contributed by atoms with Crippen molar-refractivity contribution < 1.29 is 5.11 Å². The van der Waals surface area contributed by atoms with Gasteiger partial charge in [0.1, 0.15) is 0 Å². The van der Waals surface area contributed by atoms with E-state index in [-0.39, 0.29) is 12.6 Å². The molecule has 1 rings (SSSR count). The van der Waals surface area contributed by atoms with E-state index in [1.807, 2.05) is 0 Å². The van der Waals surface area contributed by atoms with Gasteiger partial charge in [0.15, 0.2) is 0 Å². The first kappa shape index (κ1) is 13.2. The monoisotopic (exact) mass is 291 g/mol. The second-order valence-electron chi connectivity index (χ2n) is 4.10. The lowest BCUT2D eigenvalue weighted by molar-refractivity contribution is 0.224. The maximum Gasteiger partial charge on any atom is 0.0701 e. The second-order valence-corrected chi connectivity index (χ2v) is 6.64. The SMILES string of the molecule is CC(C)C[C@@H](CO)NCc1ccc(Br)s1. The Labute approximate surface area is 104 Å². The summed E-state index contributed by atoms with van der Waals surface area (Å²) in [7, 11) is 0. The fraction of sp³-hybridized carbons (Fsp3) is 0.636. The highest BCUT2D eigenvalue weighted by atomic mass is 79.9. The number of nitrogens with one attached hydrogen (secondary N) is 1. The van der Waals surface area contributed by atoms with Crippen molar-refractivity contribution in [1.29, 1.82) is 0 Å². The van der Waals surface area contributed by atoms with Gasteiger partial charge in [0, 0.05) is 17.5 Å². The predicted molar refractivity (Wildman–Crippen MR) is 69.2 cm³/mol. The Morgan fingerprint density at radius 2 is 2.20 bits per heavy atom. The molecule has 0 aromatic carbocycles. The van der Waals surface area contributed by atoms with Crippen LogP contribution in [-0.4, -0.2) is 17.8 Å². The summed E-state index contributed by atoms with van der Waals surface area (Å²) in [5.41, 5.74) is 0. The predicted octanol–water partition coefficient (Wildman–Crippen LogP) is 3.01. The van der Waals surface area contributed by atoms with Gasteiger partial charge in [-0.2, -0.15) is 0 Å². The lowest BCUT2D eigenvalue weighted by atomic mass is 10.0. The molecule has 0 bridgehead atoms. The molecule has 0 fully saturated rings. The molecule has 15 heavy (non-hydrogen) atoms. The third kappa shape index (κ3) is 5.11. The summed E-state index contributed by atoms with van der Waals surface area (Å²) in [6, 6.07) is 4.37. The van der Waals surface area contributed by atoms with Crippen LogP contribution in [0, 0.1) is 5.92 Å². The van der Waals surface area contributed by atoms with Gasteiger partial charge in [-0.05, 0) is 40.4 Å². The van der Waals surface area contributed by atoms with Gasteiger partial charge in [0.2, 0.25) is 0 Å². The van der Waals surface area contributed by atoms with Crippen LogP contribution in [0.1, 0.15) is 25.1 Å². The van der Waals surface area contributed by atoms with Crippen molar-refractivity contribution in [3.05, 3.63) is 20.8 Å². The molecule has 1 heterocycles. The smallest absolute Gasteiger partial charge is 0.0701 e. The van der Waals surface area contributed by atoms with Crippen molar-refractivity contribution in [2.45, 2.75) is 32.9 Å². The highest BCUT2D eigenvalue weighted by Gasteiger charge is 2.09. The normalized spacial score (nSPS) is 13.4. The van der Waals surface area contributed by atoms with Gasteiger partial charge in [0.25, 0.3) is 0 Å². The minimum absolute atomic E-state index is 0.213. The van der Waals surface area contributed by atoms with E-state index in [2.05, 4.69) is 47.2 Å². The van der Waals surface area contributed by atoms with Crippen molar-refractivity contribution in [3.8, 4) is 0 Å². The summed E-state index contributed by atoms with van der Waals surface area (Å²) in [6.45, 7) is 5.40. The van der Waals surface area contributed by atoms with Crippen LogP contribution in [0.2, 0.25) is 0 Å². The number of aliphatic hydroxyl groups excluding tert-OH is 1. The number of aliphatic hydroxyl groups is 1. The zero-order valence-electron chi connectivity index (χ0n) is 9.16. The molecule has 0 aliphatic heterocycles. The zero-order valence-corrected chi connectivity index (χ0v) is 11.6. The van der Waals surface area contributed by atoms with E-state index in [0.29, 0.717) is 5.92 Å². The molecule has 0 aliphatic rings. The van der Waals surface area contributed by atoms with Crippen LogP contribution in [0.3, 0.4) is 0 Å². The van der Waals surface area contributed by atoms with Crippen molar-refractivity contribution in [2.24, 2.45) is 5.92 Å². The zero-order chi connectivity index (χ0) is 11.3. The summed E-state index contributed by atoms with van der Waals surface area (Å²) < 4.78 is 1.16. The lowest BCUT2D eigenvalue weighted by Crippen LogP contribution is -2.32. The fourth-order valence-electron chi connectivity index (χ4n) is 1.48. The Balaban J connectivity index is 2.34. The van der Waals surface area contributed by atoms with Gasteiger partial charge < -0.3 is 10.4 Å². The molecule has 4 heteroatoms. The molecule has 2 N–H and O–H groups in total. The third-order valence-corrected chi connectivity index (χ3v) is 3.79. The number of hydrogen-bond acceptors (Lipinski definition) is 3. The van der Waals surface area contributed by atoms with Crippen LogP contribution in [0.4, 0.5) is 0 Å². The number of halogens is 1. The van der Waals surface area contributed by atoms with Crippen molar-refractivity contribution in [2.75, 3.05) is 6.61 Å². The fourth-order valence-corrected chi connectivity index (χ4v) is 2.92. The van der Waals surface area contributed by atoms with E-state index in [1.165, 1.54) is 4.88 Å². The highest BCUT2D eigenvalue weighted by molar-refractivity contribution is 9.11. The van der Waals surface area contributed by atoms with Gasteiger partial charge in [-0.3, -0.25) is 0 Å². The molecule has 1 aromatic rings. The molecule has 1 aromatic heterocycles. The number of rotatable bonds is 6. The molecule has 0 amide bonds. The molecular weight excluding hydrogens is 274 g/mol. The lowest BCUT2D eigenvalue weighted by Gasteiger charge is -2.17. The maximum absolute atomic E-state index is 9.19. The Morgan fingerprint density at radius 3 is 2.67 bits per heavy atom. The molecule has 0 unspecified atom stereocenters. The van der Waals surface area contributed by atoms with Crippen LogP contribution < -0.4 is 5.32 Å². The summed E-state index contributed by atoms with van der Waals surface area (Å²) in [6.07, 6.45) is 1.02. The molecule has 0 spiro atoms. The molecule has 0 radical (unpaired) electrons. The quantitative estimate of drug-likeness (QED) is 0.845. The standard InChI is InChI=1S/C11H18BrNOS/c1-8(2)5-9(7-14)13-6-10-3-4-11(12)15-10/h3-4,8-9,13-14H,5-7H2,1-2H3/t9-/m0/s1. The summed E-state index contributed by atoms with van der Waals surface area (Å²) >= 11 is 5.17. The summed E-state index contributed by atoms with van der Waals surface area (Å²) in [5, 5.41) is 12.6. The van der Waals surface area contributed by atoms with Crippen LogP contribution in [0.15, 0.2) is 15.9 Å². The minimum Gasteiger partial charge on any atom is -0.395 e. The molecule has 0 saturated heterocycles. The summed E-state index contributed by atoms with van der Waals surface area (Å²) in [4.78, 5) is 1.30. The first-order valence-corrected chi connectivity index (χ1v) is 6.81. The van der Waals surface area contributed by atoms with Crippen LogP contribution in [0.25, 0.3) is 0 Å². The van der Waals surface area contributed by atoms with E-state index >= 15 is 0 Å². The molecule has 86 valence electrons. The highest BCUT2D eigenvalue weighted by Crippen LogP contribution is 2.22. The van der Waals surface area contributed by atoms with Crippen LogP contribution in [0.5, 0.6) is 0 Å². The average Bonchev–Trinajstić information content (AvgIpc) is 2.58. The number of thiophene rings is 1. The van der Waals surface area contributed by atoms with Gasteiger partial charge in [-0.25, -0.2) is 0 Å². The van der Waals surface area contributed by atoms with Crippen molar-refractivity contribution in [1.82, 2.24) is 5.32 Å². The average molecular weight is 292 g/mol. The van der Waals surface area contributed by atoms with E-state index in [1.54, 1.807) is 11.3 Å². The van der Waals surface area contributed by atoms with E-state index in [0.717, 1.165) is 16.8 Å². The maximum atomic E-state index is 9.19. The Morgan fingerprint density at radius 1 is 1.47 bits per heavy atom. The van der Waals surface area contributed by atoms with Crippen molar-refractivity contribution in [3.63, 3.8) is 0 Å². The van der Waals surface area contributed by atoms with Crippen LogP contribution >= 0.6 is 27.3 Å².